The smallest absolute Gasteiger partial charge is 0.409 e. The second-order valence-corrected chi connectivity index (χ2v) is 10.5. The van der Waals surface area contributed by atoms with Gasteiger partial charge in [-0.1, -0.05) is 35.9 Å². The number of benzene rings is 2. The number of hydrogen-bond donors (Lipinski definition) is 1. The number of aromatic nitrogens is 2. The maximum absolute atomic E-state index is 12.3. The fourth-order valence-electron chi connectivity index (χ4n) is 6.12. The number of aryl methyl sites for hydroxylation is 1. The predicted octanol–water partition coefficient (Wildman–Crippen LogP) is 5.63. The van der Waals surface area contributed by atoms with Crippen LogP contribution in [0.2, 0.25) is 0 Å². The summed E-state index contributed by atoms with van der Waals surface area (Å²) in [7, 11) is 1.42. The van der Waals surface area contributed by atoms with E-state index in [1.807, 2.05) is 0 Å². The lowest BCUT2D eigenvalue weighted by Crippen LogP contribution is -2.35. The minimum absolute atomic E-state index is 0.183. The molecule has 2 aliphatic rings. The lowest BCUT2D eigenvalue weighted by Gasteiger charge is -2.28. The van der Waals surface area contributed by atoms with Crippen LogP contribution in [0.5, 0.6) is 0 Å². The summed E-state index contributed by atoms with van der Waals surface area (Å²) in [5.74, 6) is 0.332. The molecule has 7 heteroatoms. The van der Waals surface area contributed by atoms with E-state index in [0.29, 0.717) is 25.9 Å². The molecular formula is C29H35N3O4. The van der Waals surface area contributed by atoms with Crippen LogP contribution in [-0.2, 0) is 28.9 Å². The number of ether oxygens (including phenoxy) is 1. The third-order valence-corrected chi connectivity index (χ3v) is 8.02. The molecule has 190 valence electrons. The van der Waals surface area contributed by atoms with Gasteiger partial charge < -0.3 is 19.3 Å². The van der Waals surface area contributed by atoms with E-state index in [9.17, 15) is 14.7 Å². The zero-order chi connectivity index (χ0) is 25.4. The van der Waals surface area contributed by atoms with Gasteiger partial charge in [0, 0.05) is 24.1 Å². The molecule has 0 unspecified atom stereocenters. The molecule has 36 heavy (non-hydrogen) atoms. The normalized spacial score (nSPS) is 20.7. The van der Waals surface area contributed by atoms with E-state index in [-0.39, 0.29) is 24.0 Å². The molecule has 1 amide bonds. The molecular weight excluding hydrogens is 454 g/mol. The van der Waals surface area contributed by atoms with Crippen molar-refractivity contribution in [2.24, 2.45) is 5.92 Å². The van der Waals surface area contributed by atoms with E-state index in [0.717, 1.165) is 48.1 Å². The second kappa shape index (κ2) is 9.96. The van der Waals surface area contributed by atoms with Crippen LogP contribution < -0.4 is 0 Å². The molecule has 1 saturated carbocycles. The van der Waals surface area contributed by atoms with E-state index >= 15 is 0 Å². The van der Waals surface area contributed by atoms with Crippen molar-refractivity contribution in [3.8, 4) is 0 Å². The molecule has 1 aliphatic heterocycles. The monoisotopic (exact) mass is 489 g/mol. The number of rotatable bonds is 5. The highest BCUT2D eigenvalue weighted by Gasteiger charge is 2.32. The molecule has 1 fully saturated rings. The molecule has 1 aromatic heterocycles. The maximum Gasteiger partial charge on any atom is 0.409 e. The van der Waals surface area contributed by atoms with Gasteiger partial charge in [0.2, 0.25) is 0 Å². The molecule has 0 radical (unpaired) electrons. The molecule has 2 aromatic carbocycles. The number of carboxylic acid groups (broad SMARTS) is 1. The first-order chi connectivity index (χ1) is 17.4. The Morgan fingerprint density at radius 1 is 1.17 bits per heavy atom. The molecule has 0 bridgehead atoms. The van der Waals surface area contributed by atoms with Gasteiger partial charge in [-0.25, -0.2) is 9.78 Å². The van der Waals surface area contributed by atoms with Gasteiger partial charge in [0.25, 0.3) is 0 Å². The van der Waals surface area contributed by atoms with Crippen molar-refractivity contribution in [3.05, 3.63) is 64.5 Å². The van der Waals surface area contributed by atoms with Crippen molar-refractivity contribution in [2.45, 2.75) is 70.9 Å². The Morgan fingerprint density at radius 2 is 1.94 bits per heavy atom. The first-order valence-electron chi connectivity index (χ1n) is 13.0. The Labute approximate surface area is 212 Å². The van der Waals surface area contributed by atoms with Gasteiger partial charge in [-0.2, -0.15) is 0 Å². The van der Waals surface area contributed by atoms with E-state index in [1.165, 1.54) is 23.8 Å². The summed E-state index contributed by atoms with van der Waals surface area (Å²) in [6.07, 6.45) is 4.38. The van der Waals surface area contributed by atoms with Crippen LogP contribution in [0.1, 0.15) is 72.6 Å². The Bertz CT molecular complexity index is 1290. The summed E-state index contributed by atoms with van der Waals surface area (Å²) in [6.45, 7) is 5.50. The summed E-state index contributed by atoms with van der Waals surface area (Å²) >= 11 is 0. The van der Waals surface area contributed by atoms with Crippen molar-refractivity contribution < 1.29 is 19.4 Å². The quantitative estimate of drug-likeness (QED) is 0.502. The average Bonchev–Trinajstić information content (AvgIpc) is 3.28. The van der Waals surface area contributed by atoms with Gasteiger partial charge in [0.15, 0.2) is 0 Å². The molecule has 0 spiro atoms. The van der Waals surface area contributed by atoms with Crippen LogP contribution >= 0.6 is 0 Å². The Hall–Kier alpha value is -3.35. The lowest BCUT2D eigenvalue weighted by molar-refractivity contribution is -0.142. The van der Waals surface area contributed by atoms with E-state index < -0.39 is 5.97 Å². The summed E-state index contributed by atoms with van der Waals surface area (Å²) < 4.78 is 7.39. The molecule has 3 aromatic rings. The Kier molecular flexibility index (Phi) is 6.73. The number of aliphatic carboxylic acids is 1. The number of imidazole rings is 1. The number of hydrogen-bond acceptors (Lipinski definition) is 4. The highest BCUT2D eigenvalue weighted by Crippen LogP contribution is 2.40. The van der Waals surface area contributed by atoms with Gasteiger partial charge in [-0.3, -0.25) is 4.79 Å². The van der Waals surface area contributed by atoms with E-state index in [4.69, 9.17) is 9.72 Å². The maximum atomic E-state index is 12.3. The summed E-state index contributed by atoms with van der Waals surface area (Å²) in [5.41, 5.74) is 6.94. The molecule has 5 rings (SSSR count). The zero-order valence-electron chi connectivity index (χ0n) is 21.4. The number of fused-ring (bicyclic) bond motifs is 3. The number of methoxy groups -OCH3 is 1. The molecule has 1 aliphatic carbocycles. The van der Waals surface area contributed by atoms with E-state index in [1.54, 1.807) is 4.90 Å². The zero-order valence-corrected chi connectivity index (χ0v) is 21.4. The minimum Gasteiger partial charge on any atom is -0.481 e. The first-order valence-corrected chi connectivity index (χ1v) is 13.0. The number of carbonyl (C=O) groups excluding carboxylic acids is 1. The van der Waals surface area contributed by atoms with Crippen LogP contribution in [0.4, 0.5) is 4.79 Å². The Morgan fingerprint density at radius 3 is 2.64 bits per heavy atom. The van der Waals surface area contributed by atoms with Crippen molar-refractivity contribution in [3.63, 3.8) is 0 Å². The summed E-state index contributed by atoms with van der Waals surface area (Å²) in [5, 5.41) is 9.50. The lowest BCUT2D eigenvalue weighted by atomic mass is 9.81. The molecule has 2 heterocycles. The fraction of sp³-hybridized carbons (Fsp3) is 0.483. The minimum atomic E-state index is -0.688. The first kappa shape index (κ1) is 24.3. The van der Waals surface area contributed by atoms with E-state index in [2.05, 4.69) is 54.8 Å². The predicted molar refractivity (Wildman–Crippen MR) is 138 cm³/mol. The Balaban J connectivity index is 1.57. The summed E-state index contributed by atoms with van der Waals surface area (Å²) in [4.78, 5) is 30.8. The number of carbonyl (C=O) groups is 2. The third kappa shape index (κ3) is 4.59. The van der Waals surface area contributed by atoms with Gasteiger partial charge in [-0.05, 0) is 69.6 Å². The van der Waals surface area contributed by atoms with Gasteiger partial charge in [0.05, 0.1) is 30.6 Å². The van der Waals surface area contributed by atoms with Gasteiger partial charge >= 0.3 is 12.1 Å². The fourth-order valence-corrected chi connectivity index (χ4v) is 6.12. The van der Waals surface area contributed by atoms with Crippen LogP contribution in [0.3, 0.4) is 0 Å². The topological polar surface area (TPSA) is 84.7 Å². The van der Waals surface area contributed by atoms with Crippen molar-refractivity contribution in [1.82, 2.24) is 14.5 Å². The average molecular weight is 490 g/mol. The molecule has 0 saturated heterocycles. The molecule has 1 atom stereocenters. The number of amides is 1. The van der Waals surface area contributed by atoms with Crippen molar-refractivity contribution >= 4 is 23.1 Å². The van der Waals surface area contributed by atoms with Crippen molar-refractivity contribution in [1.29, 1.82) is 0 Å². The van der Waals surface area contributed by atoms with Gasteiger partial charge in [0.1, 0.15) is 5.82 Å². The molecule has 7 nitrogen and oxygen atoms in total. The largest absolute Gasteiger partial charge is 0.481 e. The second-order valence-electron chi connectivity index (χ2n) is 10.5. The van der Waals surface area contributed by atoms with Crippen LogP contribution in [-0.4, -0.2) is 45.3 Å². The highest BCUT2D eigenvalue weighted by molar-refractivity contribution is 5.82. The SMILES string of the molecule is COC(=O)N1CCc2ccc3c(nc(C4CCC(C(=O)O)CC4)n3[C@@H](C)Cc3cccc(C)c3)c2C1. The van der Waals surface area contributed by atoms with Crippen LogP contribution in [0.15, 0.2) is 36.4 Å². The number of carboxylic acids is 1. The van der Waals surface area contributed by atoms with Gasteiger partial charge in [-0.15, -0.1) is 0 Å². The molecule has 1 N–H and O–H groups in total. The summed E-state index contributed by atoms with van der Waals surface area (Å²) in [6, 6.07) is 13.2. The van der Waals surface area contributed by atoms with Crippen LogP contribution in [0.25, 0.3) is 11.0 Å². The number of nitrogens with zero attached hydrogens (tertiary/aromatic N) is 3. The third-order valence-electron chi connectivity index (χ3n) is 8.02. The van der Waals surface area contributed by atoms with Crippen molar-refractivity contribution in [2.75, 3.05) is 13.7 Å². The standard InChI is InChI=1S/C29H35N3O4/c1-18-5-4-6-20(15-18)16-19(2)32-25-12-11-21-13-14-31(29(35)36-3)17-24(21)26(25)30-27(32)22-7-9-23(10-8-22)28(33)34/h4-6,11-12,15,19,22-23H,7-10,13-14,16-17H2,1-3H3,(H,33,34)/t19-,22?,23?/m0/s1. The van der Waals surface area contributed by atoms with Crippen LogP contribution in [0, 0.1) is 12.8 Å². The highest BCUT2D eigenvalue weighted by atomic mass is 16.5.